The Morgan fingerprint density at radius 3 is 2.58 bits per heavy atom. The van der Waals surface area contributed by atoms with Crippen LogP contribution in [-0.4, -0.2) is 59.9 Å². The summed E-state index contributed by atoms with van der Waals surface area (Å²) in [5.41, 5.74) is 4.15. The number of hydrogen-bond acceptors (Lipinski definition) is 5. The number of aryl methyl sites for hydroxylation is 1. The van der Waals surface area contributed by atoms with Crippen molar-refractivity contribution in [1.82, 2.24) is 14.3 Å². The Labute approximate surface area is 231 Å². The van der Waals surface area contributed by atoms with E-state index in [1.165, 1.54) is 19.2 Å². The van der Waals surface area contributed by atoms with E-state index in [-0.39, 0.29) is 23.0 Å². The van der Waals surface area contributed by atoms with E-state index in [1.807, 2.05) is 41.8 Å². The van der Waals surface area contributed by atoms with Gasteiger partial charge >= 0.3 is 6.09 Å². The highest BCUT2D eigenvalue weighted by Crippen LogP contribution is 2.38. The number of methoxy groups -OCH3 is 1. The van der Waals surface area contributed by atoms with E-state index < -0.39 is 17.7 Å². The Kier molecular flexibility index (Phi) is 7.84. The molecule has 4 aromatic rings. The maximum atomic E-state index is 15.5. The summed E-state index contributed by atoms with van der Waals surface area (Å²) in [7, 11) is 1.35. The maximum Gasteiger partial charge on any atom is 0.409 e. The van der Waals surface area contributed by atoms with E-state index in [4.69, 9.17) is 19.2 Å². The topological polar surface area (TPSA) is 65.3 Å². The predicted octanol–water partition coefficient (Wildman–Crippen LogP) is 6.27. The lowest BCUT2D eigenvalue weighted by Crippen LogP contribution is -2.46. The van der Waals surface area contributed by atoms with Crippen LogP contribution in [0.2, 0.25) is 0 Å². The van der Waals surface area contributed by atoms with Gasteiger partial charge in [0.25, 0.3) is 0 Å². The van der Waals surface area contributed by atoms with Crippen LogP contribution in [0.5, 0.6) is 0 Å². The highest BCUT2D eigenvalue weighted by Gasteiger charge is 2.28. The van der Waals surface area contributed by atoms with Crippen LogP contribution in [-0.2, 0) is 20.6 Å². The number of ether oxygens (including phenoxy) is 3. The number of aromatic nitrogens is 2. The molecule has 40 heavy (non-hydrogen) atoms. The smallest absolute Gasteiger partial charge is 0.409 e. The number of nitrogens with zero attached hydrogens (tertiary/aromatic N) is 3. The number of carbonyl (C=O) groups excluding carboxylic acids is 1. The first kappa shape index (κ1) is 27.3. The molecule has 1 aliphatic rings. The molecule has 0 N–H and O–H groups in total. The maximum absolute atomic E-state index is 15.5. The van der Waals surface area contributed by atoms with Crippen LogP contribution in [0.15, 0.2) is 61.3 Å². The zero-order chi connectivity index (χ0) is 28.4. The molecule has 1 saturated heterocycles. The fourth-order valence-electron chi connectivity index (χ4n) is 5.12. The minimum atomic E-state index is -0.728. The minimum absolute atomic E-state index is 0.159. The molecule has 1 atom stereocenters. The zero-order valence-corrected chi connectivity index (χ0v) is 22.7. The zero-order valence-electron chi connectivity index (χ0n) is 22.7. The average molecular weight is 548 g/mol. The van der Waals surface area contributed by atoms with Gasteiger partial charge in [0.2, 0.25) is 0 Å². The average Bonchev–Trinajstić information content (AvgIpc) is 3.29. The van der Waals surface area contributed by atoms with Gasteiger partial charge in [-0.25, -0.2) is 18.6 Å². The Morgan fingerprint density at radius 1 is 1.15 bits per heavy atom. The lowest BCUT2D eigenvalue weighted by atomic mass is 9.94. The van der Waals surface area contributed by atoms with Crippen LogP contribution in [0.4, 0.5) is 13.6 Å². The van der Waals surface area contributed by atoms with Gasteiger partial charge in [-0.05, 0) is 49.2 Å². The lowest BCUT2D eigenvalue weighted by molar-refractivity contribution is -0.0241. The van der Waals surface area contributed by atoms with Crippen molar-refractivity contribution in [3.63, 3.8) is 0 Å². The second-order valence-corrected chi connectivity index (χ2v) is 9.67. The first-order valence-electron chi connectivity index (χ1n) is 13.1. The second kappa shape index (κ2) is 11.5. The van der Waals surface area contributed by atoms with Gasteiger partial charge in [0.15, 0.2) is 0 Å². The van der Waals surface area contributed by atoms with Crippen molar-refractivity contribution >= 4 is 17.5 Å². The molecule has 0 spiro atoms. The fraction of sp³-hybridized carbons (Fsp3) is 0.290. The quantitative estimate of drug-likeness (QED) is 0.255. The molecular formula is C31H31F2N3O4. The number of benzene rings is 2. The Balaban J connectivity index is 1.62. The van der Waals surface area contributed by atoms with Crippen LogP contribution < -0.4 is 0 Å². The van der Waals surface area contributed by atoms with Gasteiger partial charge in [-0.15, -0.1) is 0 Å². The summed E-state index contributed by atoms with van der Waals surface area (Å²) < 4.78 is 49.3. The monoisotopic (exact) mass is 547 g/mol. The molecular weight excluding hydrogens is 516 g/mol. The largest absolute Gasteiger partial charge is 0.494 e. The first-order chi connectivity index (χ1) is 19.3. The molecule has 1 amide bonds. The number of carbonyl (C=O) groups is 1. The third-order valence-electron chi connectivity index (χ3n) is 7.01. The summed E-state index contributed by atoms with van der Waals surface area (Å²) in [6.07, 6.45) is 1.61. The van der Waals surface area contributed by atoms with Gasteiger partial charge in [-0.1, -0.05) is 30.8 Å². The molecule has 7 nitrogen and oxygen atoms in total. The van der Waals surface area contributed by atoms with E-state index in [2.05, 4.69) is 6.58 Å². The van der Waals surface area contributed by atoms with Gasteiger partial charge in [-0.3, -0.25) is 0 Å². The highest BCUT2D eigenvalue weighted by atomic mass is 19.1. The second-order valence-electron chi connectivity index (χ2n) is 9.67. The van der Waals surface area contributed by atoms with Gasteiger partial charge in [0, 0.05) is 30.3 Å². The SMILES string of the molecule is C=C(OCC)c1cc(F)c(-c2ccccc2-c2nc3cc(C)ccn3c2C[C@H]2CN(C(=O)OC)CCO2)c(F)c1. The van der Waals surface area contributed by atoms with E-state index in [0.717, 1.165) is 11.3 Å². The molecule has 1 fully saturated rings. The number of halogens is 2. The van der Waals surface area contributed by atoms with E-state index in [0.29, 0.717) is 55.2 Å². The van der Waals surface area contributed by atoms with Crippen molar-refractivity contribution in [2.75, 3.05) is 33.4 Å². The molecule has 2 aromatic carbocycles. The number of fused-ring (bicyclic) bond motifs is 1. The Hall–Kier alpha value is -4.24. The number of hydrogen-bond donors (Lipinski definition) is 0. The molecule has 0 saturated carbocycles. The van der Waals surface area contributed by atoms with E-state index in [1.54, 1.807) is 24.0 Å². The van der Waals surface area contributed by atoms with Crippen LogP contribution in [0.25, 0.3) is 33.8 Å². The van der Waals surface area contributed by atoms with Crippen molar-refractivity contribution in [3.05, 3.63) is 89.8 Å². The van der Waals surface area contributed by atoms with Crippen molar-refractivity contribution < 1.29 is 27.8 Å². The normalized spacial score (nSPS) is 15.3. The van der Waals surface area contributed by atoms with Gasteiger partial charge in [-0.2, -0.15) is 0 Å². The van der Waals surface area contributed by atoms with Gasteiger partial charge in [0.1, 0.15) is 23.0 Å². The highest BCUT2D eigenvalue weighted by molar-refractivity contribution is 5.85. The number of rotatable bonds is 7. The van der Waals surface area contributed by atoms with Crippen molar-refractivity contribution in [2.24, 2.45) is 0 Å². The summed E-state index contributed by atoms with van der Waals surface area (Å²) in [5.74, 6) is -1.26. The summed E-state index contributed by atoms with van der Waals surface area (Å²) in [5, 5.41) is 0. The molecule has 0 radical (unpaired) electrons. The summed E-state index contributed by atoms with van der Waals surface area (Å²) in [6.45, 7) is 9.03. The van der Waals surface area contributed by atoms with Crippen LogP contribution in [0, 0.1) is 18.6 Å². The number of pyridine rings is 1. The molecule has 9 heteroatoms. The molecule has 0 bridgehead atoms. The molecule has 0 unspecified atom stereocenters. The number of amides is 1. The Morgan fingerprint density at radius 2 is 1.88 bits per heavy atom. The molecule has 5 rings (SSSR count). The standard InChI is InChI=1S/C31H31F2N3O4/c1-5-39-20(3)21-15-25(32)29(26(33)16-21)23-8-6-7-9-24(23)30-27(36-11-10-19(2)14-28(36)34-30)17-22-18-35(12-13-40-22)31(37)38-4/h6-11,14-16,22H,3,5,12-13,17-18H2,1-2,4H3/t22-/m0/s1. The van der Waals surface area contributed by atoms with Crippen molar-refractivity contribution in [3.8, 4) is 22.4 Å². The summed E-state index contributed by atoms with van der Waals surface area (Å²) >= 11 is 0. The van der Waals surface area contributed by atoms with E-state index in [9.17, 15) is 4.79 Å². The molecule has 0 aliphatic carbocycles. The minimum Gasteiger partial charge on any atom is -0.494 e. The van der Waals surface area contributed by atoms with Crippen LogP contribution >= 0.6 is 0 Å². The molecule has 2 aromatic heterocycles. The number of imidazole rings is 1. The van der Waals surface area contributed by atoms with Crippen molar-refractivity contribution in [1.29, 1.82) is 0 Å². The Bertz CT molecular complexity index is 1560. The number of morpholine rings is 1. The van der Waals surface area contributed by atoms with Gasteiger partial charge in [0.05, 0.1) is 49.9 Å². The third-order valence-corrected chi connectivity index (χ3v) is 7.01. The molecule has 3 heterocycles. The van der Waals surface area contributed by atoms with Crippen molar-refractivity contribution in [2.45, 2.75) is 26.4 Å². The first-order valence-corrected chi connectivity index (χ1v) is 13.1. The summed E-state index contributed by atoms with van der Waals surface area (Å²) in [6, 6.07) is 13.4. The summed E-state index contributed by atoms with van der Waals surface area (Å²) in [4.78, 5) is 18.7. The fourth-order valence-corrected chi connectivity index (χ4v) is 5.12. The molecule has 208 valence electrons. The van der Waals surface area contributed by atoms with Crippen LogP contribution in [0.1, 0.15) is 23.7 Å². The third kappa shape index (κ3) is 5.29. The van der Waals surface area contributed by atoms with Gasteiger partial charge < -0.3 is 23.5 Å². The lowest BCUT2D eigenvalue weighted by Gasteiger charge is -2.32. The van der Waals surface area contributed by atoms with E-state index >= 15 is 8.78 Å². The predicted molar refractivity (Wildman–Crippen MR) is 149 cm³/mol. The molecule has 1 aliphatic heterocycles. The van der Waals surface area contributed by atoms with Crippen LogP contribution in [0.3, 0.4) is 0 Å².